The van der Waals surface area contributed by atoms with E-state index >= 15 is 0 Å². The Morgan fingerprint density at radius 3 is 2.71 bits per heavy atom. The van der Waals surface area contributed by atoms with Crippen LogP contribution in [0.2, 0.25) is 0 Å². The normalized spacial score (nSPS) is 40.4. The Bertz CT molecular complexity index is 226. The quantitative estimate of drug-likeness (QED) is 0.639. The molecular weight excluding hydrogens is 174 g/mol. The summed E-state index contributed by atoms with van der Waals surface area (Å²) in [6.07, 6.45) is 5.42. The summed E-state index contributed by atoms with van der Waals surface area (Å²) in [7, 11) is 0. The molecule has 2 aliphatic rings. The average Bonchev–Trinajstić information content (AvgIpc) is 2.57. The van der Waals surface area contributed by atoms with Gasteiger partial charge in [-0.05, 0) is 38.6 Å². The van der Waals surface area contributed by atoms with E-state index < -0.39 is 0 Å². The van der Waals surface area contributed by atoms with Crippen molar-refractivity contribution in [1.29, 1.82) is 0 Å². The first kappa shape index (κ1) is 10.2. The van der Waals surface area contributed by atoms with Crippen molar-refractivity contribution in [2.24, 2.45) is 5.92 Å². The van der Waals surface area contributed by atoms with Gasteiger partial charge in [-0.3, -0.25) is 9.69 Å². The largest absolute Gasteiger partial charge is 0.300 e. The third-order valence-corrected chi connectivity index (χ3v) is 4.11. The molecule has 2 nitrogen and oxygen atoms in total. The fraction of sp³-hybridized carbons (Fsp3) is 0.917. The summed E-state index contributed by atoms with van der Waals surface area (Å²) >= 11 is 0. The molecule has 80 valence electrons. The Kier molecular flexibility index (Phi) is 2.91. The molecule has 0 aromatic rings. The summed E-state index contributed by atoms with van der Waals surface area (Å²) in [6.45, 7) is 5.88. The maximum atomic E-state index is 11.3. The number of piperidine rings is 1. The zero-order valence-corrected chi connectivity index (χ0v) is 9.33. The van der Waals surface area contributed by atoms with Crippen molar-refractivity contribution in [1.82, 2.24) is 4.90 Å². The number of rotatable bonds is 1. The zero-order valence-electron chi connectivity index (χ0n) is 9.33. The maximum absolute atomic E-state index is 11.3. The van der Waals surface area contributed by atoms with Crippen LogP contribution in [0, 0.1) is 5.92 Å². The molecule has 1 saturated heterocycles. The number of ketones is 1. The molecule has 0 spiro atoms. The lowest BCUT2D eigenvalue weighted by molar-refractivity contribution is -0.117. The second-order valence-corrected chi connectivity index (χ2v) is 5.03. The number of nitrogens with zero attached hydrogens (tertiary/aromatic N) is 1. The predicted molar refractivity (Wildman–Crippen MR) is 57.2 cm³/mol. The Morgan fingerprint density at radius 1 is 1.29 bits per heavy atom. The summed E-state index contributed by atoms with van der Waals surface area (Å²) in [4.78, 5) is 13.8. The monoisotopic (exact) mass is 195 g/mol. The van der Waals surface area contributed by atoms with Gasteiger partial charge in [0.15, 0.2) is 0 Å². The van der Waals surface area contributed by atoms with Crippen LogP contribution < -0.4 is 0 Å². The van der Waals surface area contributed by atoms with Crippen LogP contribution in [-0.2, 0) is 4.79 Å². The van der Waals surface area contributed by atoms with Crippen molar-refractivity contribution in [2.75, 3.05) is 6.54 Å². The maximum Gasteiger partial charge on any atom is 0.134 e. The Hall–Kier alpha value is -0.370. The molecule has 0 N–H and O–H groups in total. The second kappa shape index (κ2) is 4.01. The highest BCUT2D eigenvalue weighted by Gasteiger charge is 2.34. The topological polar surface area (TPSA) is 20.3 Å². The highest BCUT2D eigenvalue weighted by atomic mass is 16.1. The van der Waals surface area contributed by atoms with Gasteiger partial charge in [-0.15, -0.1) is 0 Å². The van der Waals surface area contributed by atoms with E-state index in [-0.39, 0.29) is 0 Å². The van der Waals surface area contributed by atoms with Gasteiger partial charge in [0, 0.05) is 24.9 Å². The molecule has 1 aliphatic carbocycles. The third kappa shape index (κ3) is 1.85. The van der Waals surface area contributed by atoms with Crippen molar-refractivity contribution >= 4 is 5.78 Å². The second-order valence-electron chi connectivity index (χ2n) is 5.03. The van der Waals surface area contributed by atoms with Gasteiger partial charge in [0.1, 0.15) is 5.78 Å². The van der Waals surface area contributed by atoms with Gasteiger partial charge in [0.2, 0.25) is 0 Å². The number of Topliss-reactive ketones (excluding diaryl/α,β-unsaturated/α-hetero) is 1. The zero-order chi connectivity index (χ0) is 10.1. The molecular formula is C12H21NO. The fourth-order valence-electron chi connectivity index (χ4n) is 2.96. The minimum atomic E-state index is 0.473. The van der Waals surface area contributed by atoms with Gasteiger partial charge in [-0.25, -0.2) is 0 Å². The van der Waals surface area contributed by atoms with Crippen molar-refractivity contribution in [3.05, 3.63) is 0 Å². The van der Waals surface area contributed by atoms with Gasteiger partial charge in [0.05, 0.1) is 0 Å². The fourth-order valence-corrected chi connectivity index (χ4v) is 2.96. The molecule has 0 aromatic carbocycles. The highest BCUT2D eigenvalue weighted by Crippen LogP contribution is 2.30. The first-order chi connectivity index (χ1) is 6.68. The molecule has 0 radical (unpaired) electrons. The Balaban J connectivity index is 1.98. The molecule has 3 atom stereocenters. The minimum absolute atomic E-state index is 0.473. The summed E-state index contributed by atoms with van der Waals surface area (Å²) in [6, 6.07) is 1.25. The van der Waals surface area contributed by atoms with Crippen LogP contribution in [0.3, 0.4) is 0 Å². The predicted octanol–water partition coefficient (Wildman–Crippen LogP) is 2.23. The van der Waals surface area contributed by atoms with Gasteiger partial charge in [0.25, 0.3) is 0 Å². The molecule has 3 unspecified atom stereocenters. The summed E-state index contributed by atoms with van der Waals surface area (Å²) in [5.74, 6) is 1.28. The number of hydrogen-bond donors (Lipinski definition) is 0. The van der Waals surface area contributed by atoms with Crippen LogP contribution >= 0.6 is 0 Å². The molecule has 0 aromatic heterocycles. The van der Waals surface area contributed by atoms with Crippen LogP contribution in [0.1, 0.15) is 46.0 Å². The third-order valence-electron chi connectivity index (χ3n) is 4.11. The molecule has 2 fully saturated rings. The molecule has 2 rings (SSSR count). The van der Waals surface area contributed by atoms with Crippen LogP contribution in [-0.4, -0.2) is 29.3 Å². The SMILES string of the molecule is CC1CCCN(C2CCC(=O)C2)C1C. The Labute approximate surface area is 86.7 Å². The van der Waals surface area contributed by atoms with Crippen LogP contribution in [0.15, 0.2) is 0 Å². The van der Waals surface area contributed by atoms with Crippen LogP contribution in [0.25, 0.3) is 0 Å². The average molecular weight is 195 g/mol. The highest BCUT2D eigenvalue weighted by molar-refractivity contribution is 5.81. The lowest BCUT2D eigenvalue weighted by Crippen LogP contribution is -2.47. The summed E-state index contributed by atoms with van der Waals surface area (Å²) in [5, 5.41) is 0. The van der Waals surface area contributed by atoms with E-state index in [1.54, 1.807) is 0 Å². The van der Waals surface area contributed by atoms with E-state index in [0.29, 0.717) is 17.9 Å². The molecule has 1 heterocycles. The molecule has 1 saturated carbocycles. The molecule has 1 aliphatic heterocycles. The van der Waals surface area contributed by atoms with Gasteiger partial charge in [-0.1, -0.05) is 6.92 Å². The lowest BCUT2D eigenvalue weighted by atomic mass is 9.90. The molecule has 0 amide bonds. The first-order valence-electron chi connectivity index (χ1n) is 5.96. The van der Waals surface area contributed by atoms with E-state index in [1.165, 1.54) is 19.4 Å². The van der Waals surface area contributed by atoms with Crippen molar-refractivity contribution in [3.8, 4) is 0 Å². The van der Waals surface area contributed by atoms with Gasteiger partial charge >= 0.3 is 0 Å². The van der Waals surface area contributed by atoms with E-state index in [9.17, 15) is 4.79 Å². The number of carbonyl (C=O) groups is 1. The van der Waals surface area contributed by atoms with E-state index in [1.807, 2.05) is 0 Å². The van der Waals surface area contributed by atoms with E-state index in [0.717, 1.165) is 25.2 Å². The number of carbonyl (C=O) groups excluding carboxylic acids is 1. The molecule has 14 heavy (non-hydrogen) atoms. The number of hydrogen-bond acceptors (Lipinski definition) is 2. The summed E-state index contributed by atoms with van der Waals surface area (Å²) < 4.78 is 0. The molecule has 2 heteroatoms. The van der Waals surface area contributed by atoms with Crippen LogP contribution in [0.4, 0.5) is 0 Å². The summed E-state index contributed by atoms with van der Waals surface area (Å²) in [5.41, 5.74) is 0. The van der Waals surface area contributed by atoms with E-state index in [4.69, 9.17) is 0 Å². The van der Waals surface area contributed by atoms with Crippen molar-refractivity contribution in [2.45, 2.75) is 58.0 Å². The van der Waals surface area contributed by atoms with Gasteiger partial charge < -0.3 is 0 Å². The lowest BCUT2D eigenvalue weighted by Gasteiger charge is -2.41. The van der Waals surface area contributed by atoms with Crippen molar-refractivity contribution in [3.63, 3.8) is 0 Å². The standard InChI is InChI=1S/C12H21NO/c1-9-4-3-7-13(10(9)2)11-5-6-12(14)8-11/h9-11H,3-8H2,1-2H3. The molecule has 0 bridgehead atoms. The first-order valence-corrected chi connectivity index (χ1v) is 5.96. The minimum Gasteiger partial charge on any atom is -0.300 e. The van der Waals surface area contributed by atoms with E-state index in [2.05, 4.69) is 18.7 Å². The number of likely N-dealkylation sites (tertiary alicyclic amines) is 1. The van der Waals surface area contributed by atoms with Crippen molar-refractivity contribution < 1.29 is 4.79 Å². The smallest absolute Gasteiger partial charge is 0.134 e. The Morgan fingerprint density at radius 2 is 2.07 bits per heavy atom. The van der Waals surface area contributed by atoms with Gasteiger partial charge in [-0.2, -0.15) is 0 Å². The van der Waals surface area contributed by atoms with Crippen LogP contribution in [0.5, 0.6) is 0 Å².